The Bertz CT molecular complexity index is 488. The number of hydrogen-bond donors (Lipinski definition) is 0. The van der Waals surface area contributed by atoms with Crippen molar-refractivity contribution in [2.24, 2.45) is 0 Å². The average molecular weight is 226 g/mol. The molecule has 0 heterocycles. The molecule has 0 saturated heterocycles. The molecular formula is C16H18O. The highest BCUT2D eigenvalue weighted by molar-refractivity contribution is 5.36. The second kappa shape index (κ2) is 5.05. The number of benzene rings is 2. The van der Waals surface area contributed by atoms with Gasteiger partial charge >= 0.3 is 0 Å². The molecule has 0 aromatic heterocycles. The van der Waals surface area contributed by atoms with E-state index in [9.17, 15) is 0 Å². The summed E-state index contributed by atoms with van der Waals surface area (Å²) >= 11 is 0. The number of ether oxygens (including phenoxy) is 1. The van der Waals surface area contributed by atoms with Gasteiger partial charge in [-0.2, -0.15) is 0 Å². The Morgan fingerprint density at radius 3 is 2.29 bits per heavy atom. The van der Waals surface area contributed by atoms with Gasteiger partial charge in [0.2, 0.25) is 0 Å². The van der Waals surface area contributed by atoms with Crippen LogP contribution in [0.3, 0.4) is 0 Å². The molecule has 0 fully saturated rings. The lowest BCUT2D eigenvalue weighted by molar-refractivity contribution is 0.225. The number of rotatable bonds is 3. The molecule has 1 unspecified atom stereocenters. The van der Waals surface area contributed by atoms with E-state index < -0.39 is 0 Å². The molecular weight excluding hydrogens is 208 g/mol. The van der Waals surface area contributed by atoms with Gasteiger partial charge in [-0.3, -0.25) is 0 Å². The molecule has 0 spiro atoms. The van der Waals surface area contributed by atoms with Crippen LogP contribution in [0.25, 0.3) is 0 Å². The zero-order valence-corrected chi connectivity index (χ0v) is 10.6. The van der Waals surface area contributed by atoms with Gasteiger partial charge in [-0.25, -0.2) is 0 Å². The first-order valence-electron chi connectivity index (χ1n) is 5.95. The van der Waals surface area contributed by atoms with Crippen molar-refractivity contribution < 1.29 is 4.74 Å². The molecule has 2 aromatic carbocycles. The SMILES string of the molecule is Cc1ccc(OC(C)c2ccccc2)c(C)c1. The van der Waals surface area contributed by atoms with E-state index in [1.807, 2.05) is 24.3 Å². The van der Waals surface area contributed by atoms with Crippen molar-refractivity contribution in [3.63, 3.8) is 0 Å². The van der Waals surface area contributed by atoms with Crippen LogP contribution < -0.4 is 4.74 Å². The van der Waals surface area contributed by atoms with E-state index in [-0.39, 0.29) is 6.10 Å². The lowest BCUT2D eigenvalue weighted by Crippen LogP contribution is -2.03. The van der Waals surface area contributed by atoms with E-state index in [0.29, 0.717) is 0 Å². The Kier molecular flexibility index (Phi) is 3.48. The van der Waals surface area contributed by atoms with Crippen LogP contribution in [0.5, 0.6) is 5.75 Å². The third-order valence-corrected chi connectivity index (χ3v) is 2.90. The summed E-state index contributed by atoms with van der Waals surface area (Å²) in [6.07, 6.45) is 0.0811. The minimum atomic E-state index is 0.0811. The highest BCUT2D eigenvalue weighted by atomic mass is 16.5. The molecule has 0 aliphatic carbocycles. The largest absolute Gasteiger partial charge is 0.486 e. The maximum atomic E-state index is 5.99. The first-order chi connectivity index (χ1) is 8.16. The highest BCUT2D eigenvalue weighted by Gasteiger charge is 2.08. The highest BCUT2D eigenvalue weighted by Crippen LogP contribution is 2.25. The van der Waals surface area contributed by atoms with Crippen molar-refractivity contribution >= 4 is 0 Å². The Hall–Kier alpha value is -1.76. The monoisotopic (exact) mass is 226 g/mol. The predicted molar refractivity (Wildman–Crippen MR) is 71.4 cm³/mol. The van der Waals surface area contributed by atoms with Gasteiger partial charge in [-0.05, 0) is 38.0 Å². The quantitative estimate of drug-likeness (QED) is 0.751. The van der Waals surface area contributed by atoms with E-state index >= 15 is 0 Å². The molecule has 0 amide bonds. The smallest absolute Gasteiger partial charge is 0.123 e. The molecule has 1 nitrogen and oxygen atoms in total. The van der Waals surface area contributed by atoms with Crippen LogP contribution in [0.2, 0.25) is 0 Å². The van der Waals surface area contributed by atoms with Crippen molar-refractivity contribution in [2.75, 3.05) is 0 Å². The second-order valence-corrected chi connectivity index (χ2v) is 4.44. The first kappa shape index (κ1) is 11.7. The number of aryl methyl sites for hydroxylation is 2. The molecule has 0 radical (unpaired) electrons. The van der Waals surface area contributed by atoms with Gasteiger partial charge < -0.3 is 4.74 Å². The van der Waals surface area contributed by atoms with Crippen LogP contribution in [-0.4, -0.2) is 0 Å². The van der Waals surface area contributed by atoms with Gasteiger partial charge in [-0.15, -0.1) is 0 Å². The maximum Gasteiger partial charge on any atom is 0.123 e. The zero-order valence-electron chi connectivity index (χ0n) is 10.6. The van der Waals surface area contributed by atoms with Crippen molar-refractivity contribution in [3.05, 3.63) is 65.2 Å². The van der Waals surface area contributed by atoms with E-state index in [4.69, 9.17) is 4.74 Å². The second-order valence-electron chi connectivity index (χ2n) is 4.44. The summed E-state index contributed by atoms with van der Waals surface area (Å²) in [7, 11) is 0. The van der Waals surface area contributed by atoms with Gasteiger partial charge in [-0.1, -0.05) is 48.0 Å². The van der Waals surface area contributed by atoms with Gasteiger partial charge in [0.25, 0.3) is 0 Å². The number of hydrogen-bond acceptors (Lipinski definition) is 1. The molecule has 0 bridgehead atoms. The van der Waals surface area contributed by atoms with Gasteiger partial charge in [0, 0.05) is 0 Å². The third kappa shape index (κ3) is 2.88. The zero-order chi connectivity index (χ0) is 12.3. The summed E-state index contributed by atoms with van der Waals surface area (Å²) in [4.78, 5) is 0. The minimum absolute atomic E-state index is 0.0811. The van der Waals surface area contributed by atoms with Crippen LogP contribution in [-0.2, 0) is 0 Å². The predicted octanol–water partition coefficient (Wildman–Crippen LogP) is 4.44. The van der Waals surface area contributed by atoms with Crippen LogP contribution in [0.1, 0.15) is 29.7 Å². The van der Waals surface area contributed by atoms with Crippen LogP contribution in [0.15, 0.2) is 48.5 Å². The van der Waals surface area contributed by atoms with Crippen LogP contribution >= 0.6 is 0 Å². The Balaban J connectivity index is 2.16. The molecule has 0 aliphatic heterocycles. The van der Waals surface area contributed by atoms with Crippen LogP contribution in [0, 0.1) is 13.8 Å². The van der Waals surface area contributed by atoms with Crippen molar-refractivity contribution in [1.82, 2.24) is 0 Å². The summed E-state index contributed by atoms with van der Waals surface area (Å²) < 4.78 is 5.99. The molecule has 0 aliphatic rings. The fraction of sp³-hybridized carbons (Fsp3) is 0.250. The molecule has 1 atom stereocenters. The summed E-state index contributed by atoms with van der Waals surface area (Å²) in [5.41, 5.74) is 3.66. The van der Waals surface area contributed by atoms with E-state index in [1.54, 1.807) is 0 Å². The molecule has 0 N–H and O–H groups in total. The van der Waals surface area contributed by atoms with Crippen molar-refractivity contribution in [1.29, 1.82) is 0 Å². The molecule has 2 rings (SSSR count). The fourth-order valence-electron chi connectivity index (χ4n) is 1.91. The van der Waals surface area contributed by atoms with E-state index in [0.717, 1.165) is 5.75 Å². The fourth-order valence-corrected chi connectivity index (χ4v) is 1.91. The van der Waals surface area contributed by atoms with Crippen molar-refractivity contribution in [2.45, 2.75) is 26.9 Å². The topological polar surface area (TPSA) is 9.23 Å². The third-order valence-electron chi connectivity index (χ3n) is 2.90. The molecule has 1 heteroatoms. The molecule has 88 valence electrons. The summed E-state index contributed by atoms with van der Waals surface area (Å²) in [5, 5.41) is 0. The van der Waals surface area contributed by atoms with Crippen LogP contribution in [0.4, 0.5) is 0 Å². The average Bonchev–Trinajstić information content (AvgIpc) is 2.34. The standard InChI is InChI=1S/C16H18O/c1-12-9-10-16(13(2)11-12)17-14(3)15-7-5-4-6-8-15/h4-11,14H,1-3H3. The first-order valence-corrected chi connectivity index (χ1v) is 5.95. The lowest BCUT2D eigenvalue weighted by atomic mass is 10.1. The summed E-state index contributed by atoms with van der Waals surface area (Å²) in [6.45, 7) is 6.26. The van der Waals surface area contributed by atoms with Crippen molar-refractivity contribution in [3.8, 4) is 5.75 Å². The van der Waals surface area contributed by atoms with Gasteiger partial charge in [0.15, 0.2) is 0 Å². The Morgan fingerprint density at radius 2 is 1.65 bits per heavy atom. The van der Waals surface area contributed by atoms with Gasteiger partial charge in [0.05, 0.1) is 0 Å². The Morgan fingerprint density at radius 1 is 0.941 bits per heavy atom. The van der Waals surface area contributed by atoms with E-state index in [1.165, 1.54) is 16.7 Å². The molecule has 17 heavy (non-hydrogen) atoms. The summed E-state index contributed by atoms with van der Waals surface area (Å²) in [5.74, 6) is 0.965. The summed E-state index contributed by atoms with van der Waals surface area (Å²) in [6, 6.07) is 16.6. The molecule has 2 aromatic rings. The Labute approximate surface area is 103 Å². The van der Waals surface area contributed by atoms with E-state index in [2.05, 4.69) is 45.0 Å². The maximum absolute atomic E-state index is 5.99. The lowest BCUT2D eigenvalue weighted by Gasteiger charge is -2.17. The van der Waals surface area contributed by atoms with Gasteiger partial charge in [0.1, 0.15) is 11.9 Å². The minimum Gasteiger partial charge on any atom is -0.486 e. The normalized spacial score (nSPS) is 12.2. The molecule has 0 saturated carbocycles.